The normalized spacial score (nSPS) is 8.71. The van der Waals surface area contributed by atoms with Crippen LogP contribution in [-0.4, -0.2) is 0 Å². The van der Waals surface area contributed by atoms with Crippen LogP contribution >= 0.6 is 11.9 Å². The summed E-state index contributed by atoms with van der Waals surface area (Å²) in [6.07, 6.45) is 3.47. The van der Waals surface area contributed by atoms with E-state index in [2.05, 4.69) is 12.3 Å². The fourth-order valence-corrected chi connectivity index (χ4v) is 0.322. The Hall–Kier alpha value is -0.430. The molecule has 38 valence electrons. The summed E-state index contributed by atoms with van der Waals surface area (Å²) in [5.41, 5.74) is 2.57. The first-order valence-electron chi connectivity index (χ1n) is 1.78. The summed E-state index contributed by atoms with van der Waals surface area (Å²) in [6.45, 7) is 3.35. The fourth-order valence-electron chi connectivity index (χ4n) is 0.153. The molecular formula is C5H7NS. The quantitative estimate of drug-likeness (QED) is 0.333. The highest BCUT2D eigenvalue weighted by Crippen LogP contribution is 1.85. The Morgan fingerprint density at radius 2 is 2.43 bits per heavy atom. The largest absolute Gasteiger partial charge is 0.274 e. The highest BCUT2D eigenvalue weighted by Gasteiger charge is 1.56. The monoisotopic (exact) mass is 113 g/mol. The van der Waals surface area contributed by atoms with Crippen molar-refractivity contribution in [3.8, 4) is 0 Å². The maximum absolute atomic E-state index is 5.03. The predicted octanol–water partition coefficient (Wildman–Crippen LogP) is 1.45. The highest BCUT2D eigenvalue weighted by molar-refractivity contribution is 7.99. The molecule has 0 atom stereocenters. The Labute approximate surface area is 47.7 Å². The van der Waals surface area contributed by atoms with Crippen LogP contribution in [0.5, 0.6) is 0 Å². The van der Waals surface area contributed by atoms with Crippen LogP contribution in [0.2, 0.25) is 0 Å². The molecule has 0 aromatic heterocycles. The Morgan fingerprint density at radius 3 is 2.86 bits per heavy atom. The van der Waals surface area contributed by atoms with Crippen molar-refractivity contribution in [3.05, 3.63) is 29.9 Å². The molecule has 0 aliphatic rings. The second-order valence-corrected chi connectivity index (χ2v) is 1.38. The molecule has 0 unspecified atom stereocenters. The summed E-state index contributed by atoms with van der Waals surface area (Å²) >= 11 is 1.16. The first-order chi connectivity index (χ1) is 3.41. The van der Waals surface area contributed by atoms with Gasteiger partial charge in [-0.25, -0.2) is 0 Å². The fraction of sp³-hybridized carbons (Fsp3) is 0. The lowest BCUT2D eigenvalue weighted by atomic mass is 10.6. The lowest BCUT2D eigenvalue weighted by molar-refractivity contribution is 2.01. The van der Waals surface area contributed by atoms with E-state index in [9.17, 15) is 0 Å². The second kappa shape index (κ2) is 5.57. The van der Waals surface area contributed by atoms with Gasteiger partial charge in [0.1, 0.15) is 0 Å². The van der Waals surface area contributed by atoms with Gasteiger partial charge in [0, 0.05) is 0 Å². The van der Waals surface area contributed by atoms with Crippen molar-refractivity contribution in [1.29, 1.82) is 0 Å². The van der Waals surface area contributed by atoms with Gasteiger partial charge in [-0.05, 0) is 17.6 Å². The van der Waals surface area contributed by atoms with Crippen molar-refractivity contribution in [2.75, 3.05) is 0 Å². The molecule has 0 aliphatic heterocycles. The van der Waals surface area contributed by atoms with Crippen LogP contribution in [0.3, 0.4) is 0 Å². The predicted molar refractivity (Wildman–Crippen MR) is 34.6 cm³/mol. The topological polar surface area (TPSA) is 26.0 Å². The zero-order valence-corrected chi connectivity index (χ0v) is 4.74. The van der Waals surface area contributed by atoms with Crippen LogP contribution in [-0.2, 0) is 0 Å². The van der Waals surface area contributed by atoms with Crippen LogP contribution in [0, 0.1) is 0 Å². The van der Waals surface area contributed by atoms with Crippen molar-refractivity contribution in [2.24, 2.45) is 5.14 Å². The lowest BCUT2D eigenvalue weighted by Crippen LogP contribution is -1.65. The number of nitrogens with two attached hydrogens (primary N) is 1. The van der Waals surface area contributed by atoms with E-state index in [0.717, 1.165) is 11.9 Å². The Bertz CT molecular complexity index is 101. The van der Waals surface area contributed by atoms with Gasteiger partial charge < -0.3 is 0 Å². The van der Waals surface area contributed by atoms with Gasteiger partial charge in [0.05, 0.1) is 0 Å². The molecule has 0 aliphatic carbocycles. The minimum Gasteiger partial charge on any atom is -0.274 e. The number of allylic oxidation sites excluding steroid dienone is 2. The Morgan fingerprint density at radius 1 is 1.71 bits per heavy atom. The van der Waals surface area contributed by atoms with Crippen molar-refractivity contribution >= 4 is 11.9 Å². The summed E-state index contributed by atoms with van der Waals surface area (Å²) in [6, 6.07) is 0. The average molecular weight is 113 g/mol. The van der Waals surface area contributed by atoms with Crippen LogP contribution in [0.4, 0.5) is 0 Å². The van der Waals surface area contributed by atoms with E-state index in [1.807, 2.05) is 0 Å². The minimum atomic E-state index is 1.16. The van der Waals surface area contributed by atoms with Gasteiger partial charge in [0.15, 0.2) is 0 Å². The van der Waals surface area contributed by atoms with Gasteiger partial charge in [-0.3, -0.25) is 5.14 Å². The molecule has 0 radical (unpaired) electrons. The summed E-state index contributed by atoms with van der Waals surface area (Å²) < 4.78 is 0. The van der Waals surface area contributed by atoms with E-state index in [4.69, 9.17) is 5.14 Å². The van der Waals surface area contributed by atoms with E-state index in [1.54, 1.807) is 17.6 Å². The van der Waals surface area contributed by atoms with E-state index in [1.165, 1.54) is 0 Å². The molecule has 0 amide bonds. The van der Waals surface area contributed by atoms with Crippen LogP contribution in [0.25, 0.3) is 0 Å². The molecule has 0 aromatic carbocycles. The highest BCUT2D eigenvalue weighted by atomic mass is 32.2. The summed E-state index contributed by atoms with van der Waals surface area (Å²) in [5, 5.41) is 6.78. The van der Waals surface area contributed by atoms with E-state index >= 15 is 0 Å². The van der Waals surface area contributed by atoms with Crippen molar-refractivity contribution in [3.63, 3.8) is 0 Å². The third-order valence-corrected chi connectivity index (χ3v) is 0.685. The third-order valence-electron chi connectivity index (χ3n) is 0.371. The van der Waals surface area contributed by atoms with E-state index in [-0.39, 0.29) is 0 Å². The molecule has 0 rings (SSSR count). The molecule has 7 heavy (non-hydrogen) atoms. The maximum Gasteiger partial charge on any atom is -0.0132 e. The minimum absolute atomic E-state index is 1.16. The van der Waals surface area contributed by atoms with Gasteiger partial charge in [-0.15, -0.1) is 5.73 Å². The zero-order chi connectivity index (χ0) is 5.54. The molecule has 2 heteroatoms. The first-order valence-corrected chi connectivity index (χ1v) is 2.72. The van der Waals surface area contributed by atoms with Gasteiger partial charge >= 0.3 is 0 Å². The van der Waals surface area contributed by atoms with Crippen molar-refractivity contribution in [2.45, 2.75) is 0 Å². The molecule has 0 bridgehead atoms. The van der Waals surface area contributed by atoms with Gasteiger partial charge in [-0.1, -0.05) is 18.5 Å². The van der Waals surface area contributed by atoms with Gasteiger partial charge in [0.2, 0.25) is 0 Å². The molecule has 0 spiro atoms. The average Bonchev–Trinajstić information content (AvgIpc) is 1.69. The summed E-state index contributed by atoms with van der Waals surface area (Å²) in [4.78, 5) is 0. The molecule has 0 heterocycles. The maximum atomic E-state index is 5.03. The third kappa shape index (κ3) is 5.57. The second-order valence-electron chi connectivity index (χ2n) is 0.835. The van der Waals surface area contributed by atoms with E-state index in [0.29, 0.717) is 0 Å². The molecule has 1 nitrogen and oxygen atoms in total. The Balaban J connectivity index is 3.27. The molecule has 0 saturated carbocycles. The summed E-state index contributed by atoms with van der Waals surface area (Å²) in [5.74, 6) is 0. The SMILES string of the molecule is C=C=C/C=C\SN. The lowest BCUT2D eigenvalue weighted by Gasteiger charge is -1.69. The van der Waals surface area contributed by atoms with Crippen LogP contribution in [0.1, 0.15) is 0 Å². The molecule has 0 aromatic rings. The number of hydrogen-bond donors (Lipinski definition) is 1. The van der Waals surface area contributed by atoms with Gasteiger partial charge in [-0.2, -0.15) is 0 Å². The van der Waals surface area contributed by atoms with E-state index < -0.39 is 0 Å². The van der Waals surface area contributed by atoms with Crippen molar-refractivity contribution < 1.29 is 0 Å². The molecular weight excluding hydrogens is 106 g/mol. The number of hydrogen-bond acceptors (Lipinski definition) is 2. The zero-order valence-electron chi connectivity index (χ0n) is 3.92. The molecule has 0 fully saturated rings. The van der Waals surface area contributed by atoms with Crippen LogP contribution < -0.4 is 5.14 Å². The standard InChI is InChI=1S/C5H7NS/c1-2-3-4-5-7-6/h3-5H,1,6H2/b5-4-. The van der Waals surface area contributed by atoms with Crippen molar-refractivity contribution in [1.82, 2.24) is 0 Å². The summed E-state index contributed by atoms with van der Waals surface area (Å²) in [7, 11) is 0. The molecule has 2 N–H and O–H groups in total. The molecule has 0 saturated heterocycles. The van der Waals surface area contributed by atoms with Crippen LogP contribution in [0.15, 0.2) is 29.9 Å². The first kappa shape index (κ1) is 6.57. The number of rotatable bonds is 2. The smallest absolute Gasteiger partial charge is 0.0132 e. The Kier molecular flexibility index (Phi) is 5.23. The van der Waals surface area contributed by atoms with Gasteiger partial charge in [0.25, 0.3) is 0 Å².